The van der Waals surface area contributed by atoms with Gasteiger partial charge in [-0.15, -0.1) is 0 Å². The van der Waals surface area contributed by atoms with E-state index in [4.69, 9.17) is 19.4 Å². The molecule has 8 heterocycles. The van der Waals surface area contributed by atoms with Crippen molar-refractivity contribution in [1.29, 1.82) is 21.0 Å². The molecule has 0 radical (unpaired) electrons. The Hall–Kier alpha value is -14.5. The third kappa shape index (κ3) is 7.38. The first-order valence-corrected chi connectivity index (χ1v) is 32.8. The molecule has 1 spiro atoms. The lowest BCUT2D eigenvalue weighted by Gasteiger charge is -2.39. The molecule has 3 aliphatic rings. The van der Waals surface area contributed by atoms with Crippen molar-refractivity contribution >= 4 is 104 Å². The Morgan fingerprint density at radius 1 is 0.270 bits per heavy atom. The van der Waals surface area contributed by atoms with E-state index in [2.05, 4.69) is 181 Å². The van der Waals surface area contributed by atoms with Crippen molar-refractivity contribution in [2.75, 3.05) is 4.90 Å². The number of pyridine rings is 2. The number of hydrogen-bond acceptors (Lipinski definition) is 9. The van der Waals surface area contributed by atoms with Crippen LogP contribution in [0.3, 0.4) is 0 Å². The van der Waals surface area contributed by atoms with Crippen LogP contribution in [-0.4, -0.2) is 28.2 Å². The van der Waals surface area contributed by atoms with Crippen LogP contribution in [0.2, 0.25) is 0 Å². The normalized spacial score (nSPS) is 13.0. The molecule has 21 rings (SSSR count). The van der Waals surface area contributed by atoms with Crippen molar-refractivity contribution < 1.29 is 9.47 Å². The van der Waals surface area contributed by atoms with Crippen LogP contribution in [0, 0.1) is 45.3 Å². The molecule has 13 heteroatoms. The summed E-state index contributed by atoms with van der Waals surface area (Å²) in [5, 5.41) is 48.7. The molecule has 2 aliphatic heterocycles. The van der Waals surface area contributed by atoms with Gasteiger partial charge in [-0.05, 0) is 146 Å². The van der Waals surface area contributed by atoms with Gasteiger partial charge in [-0.25, -0.2) is 0 Å². The van der Waals surface area contributed by atoms with Crippen molar-refractivity contribution in [3.63, 3.8) is 0 Å². The van der Waals surface area contributed by atoms with Gasteiger partial charge in [-0.3, -0.25) is 9.97 Å². The van der Waals surface area contributed by atoms with Crippen LogP contribution >= 0.6 is 0 Å². The molecule has 0 saturated heterocycles. The lowest BCUT2D eigenvalue weighted by atomic mass is 9.66. The Kier molecular flexibility index (Phi) is 11.1. The summed E-state index contributed by atoms with van der Waals surface area (Å²) in [6, 6.07) is 98.5. The summed E-state index contributed by atoms with van der Waals surface area (Å²) in [6.45, 7) is 0. The number of para-hydroxylation sites is 6. The number of nitriles is 4. The van der Waals surface area contributed by atoms with Gasteiger partial charge in [0, 0.05) is 101 Å². The van der Waals surface area contributed by atoms with Gasteiger partial charge in [0.15, 0.2) is 11.5 Å². The first-order valence-electron chi connectivity index (χ1n) is 32.8. The van der Waals surface area contributed by atoms with Crippen LogP contribution in [0.4, 0.5) is 17.1 Å². The van der Waals surface area contributed by atoms with Crippen molar-refractivity contribution in [2.24, 2.45) is 0 Å². The highest BCUT2D eigenvalue weighted by Gasteiger charge is 2.53. The van der Waals surface area contributed by atoms with E-state index >= 15 is 0 Å². The van der Waals surface area contributed by atoms with Gasteiger partial charge in [-0.1, -0.05) is 97.1 Å². The molecule has 12 aromatic carbocycles. The van der Waals surface area contributed by atoms with E-state index in [1.807, 2.05) is 134 Å². The minimum absolute atomic E-state index is 0.510. The van der Waals surface area contributed by atoms with E-state index < -0.39 is 5.41 Å². The number of fused-ring (bicyclic) bond motifs is 23. The topological polar surface area (TPSA) is 162 Å². The predicted molar refractivity (Wildman–Crippen MR) is 390 cm³/mol. The lowest BCUT2D eigenvalue weighted by molar-refractivity contribution is 0.436. The smallest absolute Gasteiger partial charge is 0.152 e. The van der Waals surface area contributed by atoms with E-state index in [-0.39, 0.29) is 0 Å². The molecular weight excluding hydrogens is 1230 g/mol. The minimum Gasteiger partial charge on any atom is -0.457 e. The molecule has 0 fully saturated rings. The Morgan fingerprint density at radius 2 is 0.630 bits per heavy atom. The summed E-state index contributed by atoms with van der Waals surface area (Å²) in [5.41, 5.74) is 19.7. The van der Waals surface area contributed by atoms with Crippen LogP contribution in [0.25, 0.3) is 121 Å². The van der Waals surface area contributed by atoms with E-state index in [1.54, 1.807) is 6.07 Å². The highest BCUT2D eigenvalue weighted by molar-refractivity contribution is 6.14. The average molecular weight is 1280 g/mol. The van der Waals surface area contributed by atoms with E-state index in [9.17, 15) is 21.0 Å². The number of nitrogens with zero attached hydrogens (tertiary/aromatic N) is 11. The van der Waals surface area contributed by atoms with Gasteiger partial charge in [0.1, 0.15) is 11.5 Å². The van der Waals surface area contributed by atoms with Crippen LogP contribution in [0.15, 0.2) is 273 Å². The first-order chi connectivity index (χ1) is 49.4. The number of benzene rings is 12. The summed E-state index contributed by atoms with van der Waals surface area (Å²) in [4.78, 5) is 13.4. The van der Waals surface area contributed by atoms with Crippen LogP contribution < -0.4 is 14.4 Å². The zero-order chi connectivity index (χ0) is 66.2. The maximum atomic E-state index is 10.2. The molecular formula is C87H45N11O2. The van der Waals surface area contributed by atoms with Gasteiger partial charge in [-0.2, -0.15) is 21.0 Å². The molecule has 18 aromatic rings. The average Bonchev–Trinajstić information content (AvgIpc) is 1.47. The van der Waals surface area contributed by atoms with Crippen LogP contribution in [-0.2, 0) is 5.41 Å². The highest BCUT2D eigenvalue weighted by Crippen LogP contribution is 2.63. The summed E-state index contributed by atoms with van der Waals surface area (Å²) in [5.74, 6) is 2.53. The molecule has 0 unspecified atom stereocenters. The fourth-order valence-corrected chi connectivity index (χ4v) is 16.6. The maximum absolute atomic E-state index is 10.2. The zero-order valence-electron chi connectivity index (χ0n) is 52.7. The third-order valence-corrected chi connectivity index (χ3v) is 20.7. The second-order valence-corrected chi connectivity index (χ2v) is 25.7. The number of hydrogen-bond donors (Lipinski definition) is 0. The van der Waals surface area contributed by atoms with Gasteiger partial charge in [0.25, 0.3) is 0 Å². The van der Waals surface area contributed by atoms with E-state index in [0.717, 1.165) is 161 Å². The lowest BCUT2D eigenvalue weighted by Crippen LogP contribution is -2.32. The fraction of sp³-hybridized carbons (Fsp3) is 0.0115. The molecule has 0 N–H and O–H groups in total. The van der Waals surface area contributed by atoms with Crippen molar-refractivity contribution in [3.8, 4) is 81.4 Å². The van der Waals surface area contributed by atoms with E-state index in [0.29, 0.717) is 45.3 Å². The molecule has 100 heavy (non-hydrogen) atoms. The standard InChI is InChI=1S/C87H45N11O2/c88-44-50-21-30-75-63(35-50)59-11-1-5-15-71(59)94(75)55-25-28-67-82(42-55)100-83-43-56(95-72-16-6-4-14-62(72)66-39-54(27-34-78(66)95)96-79-19-9-10-20-81(79)99-84-38-53(47-91)24-33-80(84)96)26-29-68(83)87(67)69-40-57(97-73-17-7-2-12-60(73)64-36-51(45-89)22-31-76(64)97)48-92-85(69)86-70(87)41-58(49-93-86)98-74-18-8-3-13-61(74)65-37-52(46-90)23-32-77(65)98/h1-43,48-49H. The van der Waals surface area contributed by atoms with Gasteiger partial charge < -0.3 is 32.6 Å². The van der Waals surface area contributed by atoms with E-state index in [1.165, 1.54) is 0 Å². The molecule has 0 amide bonds. The second-order valence-electron chi connectivity index (χ2n) is 25.7. The molecule has 0 atom stereocenters. The van der Waals surface area contributed by atoms with Crippen molar-refractivity contribution in [2.45, 2.75) is 5.41 Å². The summed E-state index contributed by atoms with van der Waals surface area (Å²) in [6.07, 6.45) is 3.90. The Bertz CT molecular complexity index is 6770. The van der Waals surface area contributed by atoms with Crippen LogP contribution in [0.1, 0.15) is 44.5 Å². The quantitative estimate of drug-likeness (QED) is 0.163. The first kappa shape index (κ1) is 54.8. The highest BCUT2D eigenvalue weighted by atomic mass is 16.5. The summed E-state index contributed by atoms with van der Waals surface area (Å²) >= 11 is 0. The predicted octanol–water partition coefficient (Wildman–Crippen LogP) is 20.4. The van der Waals surface area contributed by atoms with Crippen LogP contribution in [0.5, 0.6) is 23.0 Å². The zero-order valence-corrected chi connectivity index (χ0v) is 52.7. The summed E-state index contributed by atoms with van der Waals surface area (Å²) < 4.78 is 23.3. The Morgan fingerprint density at radius 3 is 1.10 bits per heavy atom. The number of ether oxygens (including phenoxy) is 2. The van der Waals surface area contributed by atoms with Crippen molar-refractivity contribution in [1.82, 2.24) is 28.2 Å². The minimum atomic E-state index is -1.17. The molecule has 460 valence electrons. The molecule has 6 aromatic heterocycles. The SMILES string of the molecule is N#Cc1ccc2c(c1)Oc1ccccc1N2c1ccc2c(c1)c1ccccc1n2-c1ccc2c(c1)Oc1cc(-n3c4ccccc4c4cc(C#N)ccc43)ccc1C21c2cc(-n3c4ccccc4c4cc(C#N)ccc43)cnc2-c2ncc(-n3c4ccccc4c4cc(C#N)ccc43)cc21. The molecule has 0 saturated carbocycles. The molecule has 0 bridgehead atoms. The largest absolute Gasteiger partial charge is 0.457 e. The maximum Gasteiger partial charge on any atom is 0.152 e. The molecule has 13 nitrogen and oxygen atoms in total. The van der Waals surface area contributed by atoms with Gasteiger partial charge >= 0.3 is 0 Å². The second kappa shape index (κ2) is 20.3. The summed E-state index contributed by atoms with van der Waals surface area (Å²) in [7, 11) is 0. The van der Waals surface area contributed by atoms with Crippen molar-refractivity contribution in [3.05, 3.63) is 318 Å². The van der Waals surface area contributed by atoms with Gasteiger partial charge in [0.2, 0.25) is 0 Å². The monoisotopic (exact) mass is 1280 g/mol. The number of aromatic nitrogens is 6. The number of anilines is 3. The third-order valence-electron chi connectivity index (χ3n) is 20.7. The Balaban J connectivity index is 0.844. The molecule has 1 aliphatic carbocycles. The fourth-order valence-electron chi connectivity index (χ4n) is 16.6. The van der Waals surface area contributed by atoms with Gasteiger partial charge in [0.05, 0.1) is 143 Å². The Labute approximate surface area is 569 Å². The number of rotatable bonds is 5.